The molecule has 0 atom stereocenters. The Morgan fingerprint density at radius 2 is 2.04 bits per heavy atom. The molecule has 0 aliphatic carbocycles. The highest BCUT2D eigenvalue weighted by Gasteiger charge is 2.18. The molecule has 10 heteroatoms. The summed E-state index contributed by atoms with van der Waals surface area (Å²) in [5.74, 6) is -0.920. The fraction of sp³-hybridized carbons (Fsp3) is 0.118. The van der Waals surface area contributed by atoms with E-state index in [9.17, 15) is 19.3 Å². The Balaban J connectivity index is 1.68. The third kappa shape index (κ3) is 4.06. The molecule has 0 saturated heterocycles. The smallest absolute Gasteiger partial charge is 0.338 e. The van der Waals surface area contributed by atoms with Crippen LogP contribution in [-0.2, 0) is 11.3 Å². The van der Waals surface area contributed by atoms with Crippen LogP contribution >= 0.6 is 0 Å². The third-order valence-corrected chi connectivity index (χ3v) is 3.60. The average molecular weight is 372 g/mol. The number of carbonyl (C=O) groups excluding carboxylic acids is 1. The average Bonchev–Trinajstić information content (AvgIpc) is 3.15. The number of nitrogens with one attached hydrogen (secondary N) is 1. The van der Waals surface area contributed by atoms with Crippen LogP contribution < -0.4 is 5.32 Å². The van der Waals surface area contributed by atoms with Crippen LogP contribution in [-0.4, -0.2) is 28.1 Å². The summed E-state index contributed by atoms with van der Waals surface area (Å²) in [4.78, 5) is 26.6. The Hall–Kier alpha value is -3.82. The maximum Gasteiger partial charge on any atom is 0.338 e. The number of ether oxygens (including phenoxy) is 1. The van der Waals surface area contributed by atoms with Crippen LogP contribution in [0.3, 0.4) is 0 Å². The molecule has 0 spiro atoms. The van der Waals surface area contributed by atoms with Crippen molar-refractivity contribution < 1.29 is 23.4 Å². The minimum Gasteiger partial charge on any atom is -0.452 e. The van der Waals surface area contributed by atoms with E-state index in [4.69, 9.17) is 9.26 Å². The molecule has 27 heavy (non-hydrogen) atoms. The predicted molar refractivity (Wildman–Crippen MR) is 91.5 cm³/mol. The van der Waals surface area contributed by atoms with E-state index in [0.717, 1.165) is 6.07 Å². The van der Waals surface area contributed by atoms with Crippen LogP contribution in [0.15, 0.2) is 47.0 Å². The summed E-state index contributed by atoms with van der Waals surface area (Å²) in [6.07, 6.45) is 0. The number of rotatable bonds is 6. The number of aromatic nitrogens is 2. The molecule has 2 aromatic carbocycles. The molecule has 0 unspecified atom stereocenters. The molecule has 0 fully saturated rings. The first-order chi connectivity index (χ1) is 13.0. The Morgan fingerprint density at radius 3 is 2.70 bits per heavy atom. The number of esters is 1. The molecule has 1 aromatic heterocycles. The van der Waals surface area contributed by atoms with Gasteiger partial charge in [-0.05, 0) is 36.4 Å². The van der Waals surface area contributed by atoms with Gasteiger partial charge in [-0.2, -0.15) is 4.98 Å². The van der Waals surface area contributed by atoms with Crippen LogP contribution in [0.1, 0.15) is 16.2 Å². The summed E-state index contributed by atoms with van der Waals surface area (Å²) >= 11 is 0. The lowest BCUT2D eigenvalue weighted by Gasteiger charge is -2.05. The molecule has 1 heterocycles. The van der Waals surface area contributed by atoms with Gasteiger partial charge in [-0.25, -0.2) is 9.18 Å². The number of nitro benzene ring substituents is 1. The molecule has 0 aliphatic heterocycles. The first-order valence-corrected chi connectivity index (χ1v) is 7.70. The number of carbonyl (C=O) groups is 1. The van der Waals surface area contributed by atoms with E-state index in [1.807, 2.05) is 0 Å². The van der Waals surface area contributed by atoms with Crippen LogP contribution in [0, 0.1) is 15.9 Å². The van der Waals surface area contributed by atoms with E-state index in [-0.39, 0.29) is 35.3 Å². The van der Waals surface area contributed by atoms with E-state index in [1.165, 1.54) is 43.4 Å². The standard InChI is InChI=1S/C17H13FN4O5/c1-19-13-7-4-11(8-14(13)22(24)25)17(23)26-9-15-20-16(21-27-15)10-2-5-12(18)6-3-10/h2-8,19H,9H2,1H3. The number of nitro groups is 1. The molecular weight excluding hydrogens is 359 g/mol. The quantitative estimate of drug-likeness (QED) is 0.398. The minimum atomic E-state index is -0.776. The van der Waals surface area contributed by atoms with Crippen molar-refractivity contribution in [3.05, 3.63) is 69.9 Å². The van der Waals surface area contributed by atoms with Crippen LogP contribution in [0.5, 0.6) is 0 Å². The Labute approximate surface area is 151 Å². The maximum absolute atomic E-state index is 12.9. The van der Waals surface area contributed by atoms with E-state index in [0.29, 0.717) is 5.56 Å². The number of benzene rings is 2. The molecule has 1 N–H and O–H groups in total. The molecule has 0 bridgehead atoms. The molecule has 0 aliphatic rings. The number of anilines is 1. The molecule has 9 nitrogen and oxygen atoms in total. The van der Waals surface area contributed by atoms with Gasteiger partial charge in [-0.3, -0.25) is 10.1 Å². The summed E-state index contributed by atoms with van der Waals surface area (Å²) in [7, 11) is 1.54. The van der Waals surface area contributed by atoms with Crippen molar-refractivity contribution in [2.24, 2.45) is 0 Å². The van der Waals surface area contributed by atoms with Crippen molar-refractivity contribution in [2.75, 3.05) is 12.4 Å². The minimum absolute atomic E-state index is 0.0129. The highest BCUT2D eigenvalue weighted by Crippen LogP contribution is 2.25. The second kappa shape index (κ2) is 7.60. The van der Waals surface area contributed by atoms with Gasteiger partial charge in [0.2, 0.25) is 5.82 Å². The molecule has 0 radical (unpaired) electrons. The molecule has 138 valence electrons. The molecule has 3 aromatic rings. The second-order valence-corrected chi connectivity index (χ2v) is 5.33. The summed E-state index contributed by atoms with van der Waals surface area (Å²) in [5.41, 5.74) is 0.579. The van der Waals surface area contributed by atoms with Crippen LogP contribution in [0.2, 0.25) is 0 Å². The Bertz CT molecular complexity index is 987. The number of nitrogens with zero attached hydrogens (tertiary/aromatic N) is 3. The lowest BCUT2D eigenvalue weighted by Crippen LogP contribution is -2.07. The summed E-state index contributed by atoms with van der Waals surface area (Å²) in [6.45, 7) is -0.311. The largest absolute Gasteiger partial charge is 0.452 e. The third-order valence-electron chi connectivity index (χ3n) is 3.60. The van der Waals surface area contributed by atoms with E-state index >= 15 is 0 Å². The van der Waals surface area contributed by atoms with Gasteiger partial charge in [0.25, 0.3) is 11.6 Å². The lowest BCUT2D eigenvalue weighted by atomic mass is 10.1. The van der Waals surface area contributed by atoms with Crippen molar-refractivity contribution in [3.8, 4) is 11.4 Å². The zero-order valence-electron chi connectivity index (χ0n) is 14.0. The van der Waals surface area contributed by atoms with Gasteiger partial charge in [-0.15, -0.1) is 0 Å². The molecule has 0 saturated carbocycles. The molecule has 3 rings (SSSR count). The SMILES string of the molecule is CNc1ccc(C(=O)OCc2nc(-c3ccc(F)cc3)no2)cc1[N+](=O)[O-]. The van der Waals surface area contributed by atoms with Gasteiger partial charge in [0.1, 0.15) is 11.5 Å². The van der Waals surface area contributed by atoms with Crippen molar-refractivity contribution in [3.63, 3.8) is 0 Å². The van der Waals surface area contributed by atoms with E-state index in [1.54, 1.807) is 0 Å². The maximum atomic E-state index is 12.9. The van der Waals surface area contributed by atoms with E-state index < -0.39 is 16.7 Å². The van der Waals surface area contributed by atoms with Crippen molar-refractivity contribution in [2.45, 2.75) is 6.61 Å². The highest BCUT2D eigenvalue weighted by atomic mass is 19.1. The molecular formula is C17H13FN4O5. The second-order valence-electron chi connectivity index (χ2n) is 5.33. The van der Waals surface area contributed by atoms with Gasteiger partial charge < -0.3 is 14.6 Å². The normalized spacial score (nSPS) is 10.4. The van der Waals surface area contributed by atoms with Gasteiger partial charge in [0.15, 0.2) is 6.61 Å². The monoisotopic (exact) mass is 372 g/mol. The van der Waals surface area contributed by atoms with Gasteiger partial charge in [-0.1, -0.05) is 5.16 Å². The van der Waals surface area contributed by atoms with Crippen LogP contribution in [0.4, 0.5) is 15.8 Å². The van der Waals surface area contributed by atoms with Gasteiger partial charge in [0.05, 0.1) is 10.5 Å². The molecule has 0 amide bonds. The fourth-order valence-corrected chi connectivity index (χ4v) is 2.26. The first-order valence-electron chi connectivity index (χ1n) is 7.70. The zero-order chi connectivity index (χ0) is 19.4. The predicted octanol–water partition coefficient (Wildman–Crippen LogP) is 3.18. The van der Waals surface area contributed by atoms with E-state index in [2.05, 4.69) is 15.5 Å². The number of halogens is 1. The Morgan fingerprint density at radius 1 is 1.30 bits per heavy atom. The van der Waals surface area contributed by atoms with Gasteiger partial charge in [0, 0.05) is 18.7 Å². The highest BCUT2D eigenvalue weighted by molar-refractivity contribution is 5.91. The number of hydrogen-bond donors (Lipinski definition) is 1. The fourth-order valence-electron chi connectivity index (χ4n) is 2.26. The van der Waals surface area contributed by atoms with Crippen LogP contribution in [0.25, 0.3) is 11.4 Å². The Kier molecular flexibility index (Phi) is 5.06. The van der Waals surface area contributed by atoms with Gasteiger partial charge >= 0.3 is 5.97 Å². The van der Waals surface area contributed by atoms with Crippen molar-refractivity contribution in [1.29, 1.82) is 0 Å². The summed E-state index contributed by atoms with van der Waals surface area (Å²) in [5, 5.41) is 17.5. The lowest BCUT2D eigenvalue weighted by molar-refractivity contribution is -0.384. The first kappa shape index (κ1) is 18.0. The van der Waals surface area contributed by atoms with Crippen molar-refractivity contribution in [1.82, 2.24) is 10.1 Å². The summed E-state index contributed by atoms with van der Waals surface area (Å²) in [6, 6.07) is 9.41. The van der Waals surface area contributed by atoms with Crippen molar-refractivity contribution >= 4 is 17.3 Å². The zero-order valence-corrected chi connectivity index (χ0v) is 14.0. The summed E-state index contributed by atoms with van der Waals surface area (Å²) < 4.78 is 23.0. The number of hydrogen-bond acceptors (Lipinski definition) is 8. The topological polar surface area (TPSA) is 120 Å².